The first-order chi connectivity index (χ1) is 8.61. The van der Waals surface area contributed by atoms with Gasteiger partial charge >= 0.3 is 0 Å². The molecule has 0 aliphatic rings. The minimum absolute atomic E-state index is 0.0270. The van der Waals surface area contributed by atoms with Gasteiger partial charge in [0.2, 0.25) is 0 Å². The van der Waals surface area contributed by atoms with Crippen molar-refractivity contribution in [1.82, 2.24) is 4.98 Å². The molecule has 0 spiro atoms. The van der Waals surface area contributed by atoms with E-state index in [4.69, 9.17) is 4.42 Å². The third-order valence-electron chi connectivity index (χ3n) is 2.78. The lowest BCUT2D eigenvalue weighted by molar-refractivity contribution is 0.490. The number of aromatic nitrogens is 1. The van der Waals surface area contributed by atoms with Crippen molar-refractivity contribution in [3.05, 3.63) is 47.0 Å². The lowest BCUT2D eigenvalue weighted by Gasteiger charge is -2.14. The normalized spacial score (nSPS) is 11.9. The minimum atomic E-state index is -0.0270. The lowest BCUT2D eigenvalue weighted by atomic mass is 10.1. The third-order valence-corrected chi connectivity index (χ3v) is 2.78. The van der Waals surface area contributed by atoms with Crippen LogP contribution in [-0.2, 0) is 0 Å². The van der Waals surface area contributed by atoms with Crippen LogP contribution in [0.1, 0.15) is 35.5 Å². The van der Waals surface area contributed by atoms with Gasteiger partial charge in [-0.15, -0.1) is 0 Å². The van der Waals surface area contributed by atoms with E-state index in [9.17, 15) is 5.26 Å². The van der Waals surface area contributed by atoms with E-state index in [-0.39, 0.29) is 6.04 Å². The summed E-state index contributed by atoms with van der Waals surface area (Å²) in [6.45, 7) is 5.80. The van der Waals surface area contributed by atoms with Crippen LogP contribution in [0.4, 0.5) is 5.82 Å². The maximum Gasteiger partial charge on any atom is 0.145 e. The summed E-state index contributed by atoms with van der Waals surface area (Å²) < 4.78 is 5.33. The number of nitriles is 1. The van der Waals surface area contributed by atoms with Crippen molar-refractivity contribution in [2.75, 3.05) is 5.32 Å². The fourth-order valence-electron chi connectivity index (χ4n) is 1.90. The average molecular weight is 241 g/mol. The van der Waals surface area contributed by atoms with Crippen LogP contribution in [0, 0.1) is 25.2 Å². The van der Waals surface area contributed by atoms with Gasteiger partial charge in [-0.05, 0) is 44.5 Å². The van der Waals surface area contributed by atoms with Crippen molar-refractivity contribution >= 4 is 5.82 Å². The Kier molecular flexibility index (Phi) is 3.33. The summed E-state index contributed by atoms with van der Waals surface area (Å²) in [5.41, 5.74) is 2.40. The quantitative estimate of drug-likeness (QED) is 0.895. The van der Waals surface area contributed by atoms with Crippen molar-refractivity contribution in [2.45, 2.75) is 26.8 Å². The molecule has 18 heavy (non-hydrogen) atoms. The zero-order chi connectivity index (χ0) is 13.1. The van der Waals surface area contributed by atoms with Gasteiger partial charge in [0.1, 0.15) is 17.6 Å². The van der Waals surface area contributed by atoms with Gasteiger partial charge < -0.3 is 9.73 Å². The number of aryl methyl sites for hydroxylation is 2. The van der Waals surface area contributed by atoms with Gasteiger partial charge in [-0.1, -0.05) is 0 Å². The van der Waals surface area contributed by atoms with Gasteiger partial charge in [-0.2, -0.15) is 5.26 Å². The van der Waals surface area contributed by atoms with Crippen molar-refractivity contribution in [3.8, 4) is 6.07 Å². The Bertz CT molecular complexity index is 582. The van der Waals surface area contributed by atoms with Crippen LogP contribution in [0.15, 0.2) is 28.9 Å². The minimum Gasteiger partial charge on any atom is -0.467 e. The maximum atomic E-state index is 9.18. The van der Waals surface area contributed by atoms with Crippen molar-refractivity contribution < 1.29 is 4.42 Å². The number of furan rings is 1. The van der Waals surface area contributed by atoms with Gasteiger partial charge in [0.15, 0.2) is 0 Å². The van der Waals surface area contributed by atoms with Gasteiger partial charge in [-0.3, -0.25) is 0 Å². The third kappa shape index (κ3) is 2.35. The maximum absolute atomic E-state index is 9.18. The van der Waals surface area contributed by atoms with Gasteiger partial charge in [0, 0.05) is 5.69 Å². The standard InChI is InChI=1S/C14H15N3O/c1-9-7-10(2)16-14(12(9)8-15)17-11(3)13-5-4-6-18-13/h4-7,11H,1-3H3,(H,16,17). The Labute approximate surface area is 106 Å². The zero-order valence-corrected chi connectivity index (χ0v) is 10.7. The smallest absolute Gasteiger partial charge is 0.145 e. The van der Waals surface area contributed by atoms with Crippen molar-refractivity contribution in [3.63, 3.8) is 0 Å². The van der Waals surface area contributed by atoms with Crippen LogP contribution in [0.25, 0.3) is 0 Å². The highest BCUT2D eigenvalue weighted by Crippen LogP contribution is 2.23. The van der Waals surface area contributed by atoms with E-state index >= 15 is 0 Å². The number of hydrogen-bond donors (Lipinski definition) is 1. The van der Waals surface area contributed by atoms with E-state index in [2.05, 4.69) is 16.4 Å². The number of pyridine rings is 1. The second-order valence-corrected chi connectivity index (χ2v) is 4.30. The predicted molar refractivity (Wildman–Crippen MR) is 69.2 cm³/mol. The summed E-state index contributed by atoms with van der Waals surface area (Å²) in [4.78, 5) is 4.38. The van der Waals surface area contributed by atoms with Crippen molar-refractivity contribution in [2.24, 2.45) is 0 Å². The van der Waals surface area contributed by atoms with Crippen LogP contribution in [0.5, 0.6) is 0 Å². The number of rotatable bonds is 3. The van der Waals surface area contributed by atoms with Crippen molar-refractivity contribution in [1.29, 1.82) is 5.26 Å². The molecule has 0 aliphatic carbocycles. The SMILES string of the molecule is Cc1cc(C)c(C#N)c(NC(C)c2ccco2)n1. The Balaban J connectivity index is 2.32. The first-order valence-corrected chi connectivity index (χ1v) is 5.80. The highest BCUT2D eigenvalue weighted by molar-refractivity contribution is 5.57. The fourth-order valence-corrected chi connectivity index (χ4v) is 1.90. The summed E-state index contributed by atoms with van der Waals surface area (Å²) in [5, 5.41) is 12.4. The summed E-state index contributed by atoms with van der Waals surface area (Å²) in [6, 6.07) is 7.80. The van der Waals surface area contributed by atoms with Crippen LogP contribution < -0.4 is 5.32 Å². The molecule has 2 heterocycles. The lowest BCUT2D eigenvalue weighted by Crippen LogP contribution is -2.10. The molecule has 2 aromatic heterocycles. The highest BCUT2D eigenvalue weighted by Gasteiger charge is 2.13. The largest absolute Gasteiger partial charge is 0.467 e. The van der Waals surface area contributed by atoms with E-state index in [1.54, 1.807) is 6.26 Å². The Morgan fingerprint density at radius 3 is 2.83 bits per heavy atom. The Morgan fingerprint density at radius 2 is 2.22 bits per heavy atom. The molecule has 0 fully saturated rings. The predicted octanol–water partition coefficient (Wildman–Crippen LogP) is 3.34. The summed E-state index contributed by atoms with van der Waals surface area (Å²) in [7, 11) is 0. The molecule has 1 unspecified atom stereocenters. The molecule has 2 aromatic rings. The molecule has 4 heteroatoms. The molecule has 1 atom stereocenters. The molecule has 2 rings (SSSR count). The Morgan fingerprint density at radius 1 is 1.44 bits per heavy atom. The van der Waals surface area contributed by atoms with Crippen LogP contribution in [0.2, 0.25) is 0 Å². The summed E-state index contributed by atoms with van der Waals surface area (Å²) in [6.07, 6.45) is 1.63. The molecule has 0 bridgehead atoms. The van der Waals surface area contributed by atoms with E-state index in [0.717, 1.165) is 17.0 Å². The molecular weight excluding hydrogens is 226 g/mol. The number of hydrogen-bond acceptors (Lipinski definition) is 4. The van der Waals surface area contributed by atoms with Gasteiger partial charge in [0.25, 0.3) is 0 Å². The second kappa shape index (κ2) is 4.92. The molecule has 92 valence electrons. The number of anilines is 1. The first kappa shape index (κ1) is 12.2. The van der Waals surface area contributed by atoms with E-state index in [1.807, 2.05) is 39.0 Å². The number of nitrogens with one attached hydrogen (secondary N) is 1. The zero-order valence-electron chi connectivity index (χ0n) is 10.7. The van der Waals surface area contributed by atoms with Gasteiger partial charge in [0.05, 0.1) is 17.9 Å². The summed E-state index contributed by atoms with van der Waals surface area (Å²) >= 11 is 0. The second-order valence-electron chi connectivity index (χ2n) is 4.30. The topological polar surface area (TPSA) is 61.9 Å². The first-order valence-electron chi connectivity index (χ1n) is 5.80. The van der Waals surface area contributed by atoms with E-state index < -0.39 is 0 Å². The molecule has 0 aliphatic heterocycles. The van der Waals surface area contributed by atoms with Crippen LogP contribution >= 0.6 is 0 Å². The van der Waals surface area contributed by atoms with Crippen LogP contribution in [-0.4, -0.2) is 4.98 Å². The monoisotopic (exact) mass is 241 g/mol. The number of nitrogens with zero attached hydrogens (tertiary/aromatic N) is 2. The van der Waals surface area contributed by atoms with E-state index in [1.165, 1.54) is 0 Å². The molecule has 0 radical (unpaired) electrons. The molecule has 0 amide bonds. The molecule has 1 N–H and O–H groups in total. The average Bonchev–Trinajstić information content (AvgIpc) is 2.81. The highest BCUT2D eigenvalue weighted by atomic mass is 16.3. The fraction of sp³-hybridized carbons (Fsp3) is 0.286. The molecular formula is C14H15N3O. The van der Waals surface area contributed by atoms with E-state index in [0.29, 0.717) is 11.4 Å². The van der Waals surface area contributed by atoms with Crippen LogP contribution in [0.3, 0.4) is 0 Å². The Hall–Kier alpha value is -2.28. The molecule has 0 saturated heterocycles. The molecule has 4 nitrogen and oxygen atoms in total. The van der Waals surface area contributed by atoms with Gasteiger partial charge in [-0.25, -0.2) is 4.98 Å². The molecule has 0 aromatic carbocycles. The molecule has 0 saturated carbocycles. The summed E-state index contributed by atoms with van der Waals surface area (Å²) in [5.74, 6) is 1.43.